The predicted molar refractivity (Wildman–Crippen MR) is 100 cm³/mol. The minimum atomic E-state index is -0.443. The third kappa shape index (κ3) is 3.65. The average Bonchev–Trinajstić information content (AvgIpc) is 3.43. The van der Waals surface area contributed by atoms with Gasteiger partial charge in [-0.25, -0.2) is 4.98 Å². The van der Waals surface area contributed by atoms with Crippen molar-refractivity contribution in [2.24, 2.45) is 0 Å². The zero-order valence-electron chi connectivity index (χ0n) is 14.7. The van der Waals surface area contributed by atoms with Crippen LogP contribution in [0.3, 0.4) is 0 Å². The minimum Gasteiger partial charge on any atom is -0.459 e. The quantitative estimate of drug-likeness (QED) is 0.556. The number of carbonyl (C=O) groups is 1. The minimum absolute atomic E-state index is 0.231. The van der Waals surface area contributed by atoms with E-state index in [0.29, 0.717) is 11.7 Å². The standard InChI is InChI=1S/C19H16N4O3S/c1-11(20-18(24)16-4-3-9-25-16)19-22-17(23-26-19)14-7-5-13(6-8-14)15-10-27-12(2)21-15/h3-11H,1-2H3,(H,20,24). The summed E-state index contributed by atoms with van der Waals surface area (Å²) >= 11 is 1.62. The second-order valence-electron chi connectivity index (χ2n) is 5.96. The number of amides is 1. The van der Waals surface area contributed by atoms with Crippen molar-refractivity contribution in [2.75, 3.05) is 0 Å². The van der Waals surface area contributed by atoms with Crippen molar-refractivity contribution in [3.05, 3.63) is 64.7 Å². The fourth-order valence-electron chi connectivity index (χ4n) is 2.55. The Labute approximate surface area is 159 Å². The number of thiazole rings is 1. The van der Waals surface area contributed by atoms with E-state index in [1.165, 1.54) is 6.26 Å². The van der Waals surface area contributed by atoms with Gasteiger partial charge >= 0.3 is 0 Å². The van der Waals surface area contributed by atoms with E-state index in [9.17, 15) is 4.79 Å². The third-order valence-corrected chi connectivity index (χ3v) is 4.74. The zero-order valence-corrected chi connectivity index (χ0v) is 15.5. The Kier molecular flexibility index (Phi) is 4.55. The maximum Gasteiger partial charge on any atom is 0.287 e. The summed E-state index contributed by atoms with van der Waals surface area (Å²) in [5, 5.41) is 9.83. The number of rotatable bonds is 5. The second-order valence-corrected chi connectivity index (χ2v) is 7.02. The molecule has 136 valence electrons. The molecule has 8 heteroatoms. The third-order valence-electron chi connectivity index (χ3n) is 3.96. The van der Waals surface area contributed by atoms with Crippen LogP contribution < -0.4 is 5.32 Å². The van der Waals surface area contributed by atoms with Gasteiger partial charge in [-0.05, 0) is 26.0 Å². The summed E-state index contributed by atoms with van der Waals surface area (Å²) in [4.78, 5) is 20.9. The summed E-state index contributed by atoms with van der Waals surface area (Å²) in [6, 6.07) is 10.6. The summed E-state index contributed by atoms with van der Waals surface area (Å²) in [6.45, 7) is 3.75. The van der Waals surface area contributed by atoms with Crippen molar-refractivity contribution >= 4 is 17.2 Å². The molecule has 1 atom stereocenters. The van der Waals surface area contributed by atoms with Gasteiger partial charge in [-0.2, -0.15) is 4.98 Å². The maximum atomic E-state index is 12.0. The number of hydrogen-bond acceptors (Lipinski definition) is 7. The lowest BCUT2D eigenvalue weighted by Crippen LogP contribution is -2.26. The van der Waals surface area contributed by atoms with Gasteiger partial charge in [0, 0.05) is 16.5 Å². The Morgan fingerprint density at radius 3 is 2.59 bits per heavy atom. The van der Waals surface area contributed by atoms with Crippen molar-refractivity contribution in [1.82, 2.24) is 20.4 Å². The van der Waals surface area contributed by atoms with Gasteiger partial charge in [0.25, 0.3) is 5.91 Å². The molecule has 1 amide bonds. The molecule has 0 saturated heterocycles. The first-order chi connectivity index (χ1) is 13.1. The molecule has 0 bridgehead atoms. The van der Waals surface area contributed by atoms with E-state index in [-0.39, 0.29) is 11.7 Å². The number of nitrogens with one attached hydrogen (secondary N) is 1. The highest BCUT2D eigenvalue weighted by Crippen LogP contribution is 2.25. The maximum absolute atomic E-state index is 12.0. The van der Waals surface area contributed by atoms with Crippen LogP contribution in [-0.2, 0) is 0 Å². The molecule has 0 fully saturated rings. The van der Waals surface area contributed by atoms with Crippen molar-refractivity contribution < 1.29 is 13.7 Å². The molecule has 0 saturated carbocycles. The van der Waals surface area contributed by atoms with Crippen LogP contribution in [0.4, 0.5) is 0 Å². The molecule has 0 aliphatic heterocycles. The lowest BCUT2D eigenvalue weighted by Gasteiger charge is -2.07. The molecule has 4 rings (SSSR count). The Balaban J connectivity index is 1.48. The van der Waals surface area contributed by atoms with Crippen LogP contribution in [0.2, 0.25) is 0 Å². The lowest BCUT2D eigenvalue weighted by atomic mass is 10.1. The van der Waals surface area contributed by atoms with Crippen LogP contribution in [0.5, 0.6) is 0 Å². The summed E-state index contributed by atoms with van der Waals surface area (Å²) in [5.74, 6) is 0.679. The van der Waals surface area contributed by atoms with Gasteiger partial charge in [0.1, 0.15) is 6.04 Å². The summed E-state index contributed by atoms with van der Waals surface area (Å²) < 4.78 is 10.4. The van der Waals surface area contributed by atoms with Gasteiger partial charge in [0.05, 0.1) is 17.0 Å². The second kappa shape index (κ2) is 7.16. The van der Waals surface area contributed by atoms with E-state index in [2.05, 4.69) is 20.4 Å². The normalized spacial score (nSPS) is 12.1. The molecule has 1 aromatic carbocycles. The molecule has 0 radical (unpaired) electrons. The number of hydrogen-bond donors (Lipinski definition) is 1. The van der Waals surface area contributed by atoms with Crippen LogP contribution >= 0.6 is 11.3 Å². The van der Waals surface area contributed by atoms with Crippen LogP contribution in [0.15, 0.2) is 57.0 Å². The lowest BCUT2D eigenvalue weighted by molar-refractivity contribution is 0.0904. The number of aryl methyl sites for hydroxylation is 1. The van der Waals surface area contributed by atoms with E-state index in [1.807, 2.05) is 36.6 Å². The highest BCUT2D eigenvalue weighted by atomic mass is 32.1. The summed E-state index contributed by atoms with van der Waals surface area (Å²) in [7, 11) is 0. The summed E-state index contributed by atoms with van der Waals surface area (Å²) in [6.07, 6.45) is 1.45. The fourth-order valence-corrected chi connectivity index (χ4v) is 3.17. The van der Waals surface area contributed by atoms with Gasteiger partial charge in [0.2, 0.25) is 11.7 Å². The molecular weight excluding hydrogens is 364 g/mol. The van der Waals surface area contributed by atoms with E-state index in [4.69, 9.17) is 8.94 Å². The van der Waals surface area contributed by atoms with Crippen molar-refractivity contribution in [3.63, 3.8) is 0 Å². The molecule has 0 aliphatic carbocycles. The van der Waals surface area contributed by atoms with Gasteiger partial charge in [-0.15, -0.1) is 11.3 Å². The van der Waals surface area contributed by atoms with Crippen LogP contribution in [-0.4, -0.2) is 21.0 Å². The Morgan fingerprint density at radius 2 is 1.93 bits per heavy atom. The molecule has 3 aromatic heterocycles. The molecule has 7 nitrogen and oxygen atoms in total. The number of carbonyl (C=O) groups excluding carboxylic acids is 1. The van der Waals surface area contributed by atoms with Gasteiger partial charge in [0.15, 0.2) is 5.76 Å². The molecule has 0 aliphatic rings. The first-order valence-electron chi connectivity index (χ1n) is 8.31. The van der Waals surface area contributed by atoms with Gasteiger partial charge in [-0.3, -0.25) is 4.79 Å². The molecular formula is C19H16N4O3S. The molecule has 1 N–H and O–H groups in total. The van der Waals surface area contributed by atoms with Crippen molar-refractivity contribution in [1.29, 1.82) is 0 Å². The van der Waals surface area contributed by atoms with Crippen molar-refractivity contribution in [3.8, 4) is 22.6 Å². The first kappa shape index (κ1) is 17.2. The monoisotopic (exact) mass is 380 g/mol. The number of furan rings is 1. The smallest absolute Gasteiger partial charge is 0.287 e. The molecule has 27 heavy (non-hydrogen) atoms. The molecule has 1 unspecified atom stereocenters. The largest absolute Gasteiger partial charge is 0.459 e. The molecule has 3 heterocycles. The SMILES string of the molecule is Cc1nc(-c2ccc(-c3noc(C(C)NC(=O)c4ccco4)n3)cc2)cs1. The first-order valence-corrected chi connectivity index (χ1v) is 9.19. The molecule has 4 aromatic rings. The van der Waals surface area contributed by atoms with E-state index in [0.717, 1.165) is 21.8 Å². The van der Waals surface area contributed by atoms with E-state index < -0.39 is 6.04 Å². The zero-order chi connectivity index (χ0) is 18.8. The Morgan fingerprint density at radius 1 is 1.15 bits per heavy atom. The fraction of sp³-hybridized carbons (Fsp3) is 0.158. The number of nitrogens with zero attached hydrogens (tertiary/aromatic N) is 3. The highest BCUT2D eigenvalue weighted by molar-refractivity contribution is 7.09. The number of aromatic nitrogens is 3. The van der Waals surface area contributed by atoms with Crippen LogP contribution in [0.25, 0.3) is 22.6 Å². The Bertz CT molecular complexity index is 1050. The molecule has 0 spiro atoms. The Hall–Kier alpha value is -3.26. The number of benzene rings is 1. The van der Waals surface area contributed by atoms with Crippen LogP contribution in [0, 0.1) is 6.92 Å². The van der Waals surface area contributed by atoms with Gasteiger partial charge in [-0.1, -0.05) is 29.4 Å². The predicted octanol–water partition coefficient (Wildman–Crippen LogP) is 4.25. The highest BCUT2D eigenvalue weighted by Gasteiger charge is 2.19. The van der Waals surface area contributed by atoms with Gasteiger partial charge < -0.3 is 14.3 Å². The van der Waals surface area contributed by atoms with E-state index >= 15 is 0 Å². The topological polar surface area (TPSA) is 94.1 Å². The van der Waals surface area contributed by atoms with E-state index in [1.54, 1.807) is 30.4 Å². The summed E-state index contributed by atoms with van der Waals surface area (Å²) in [5.41, 5.74) is 2.81. The van der Waals surface area contributed by atoms with Crippen molar-refractivity contribution in [2.45, 2.75) is 19.9 Å². The average molecular weight is 380 g/mol. The van der Waals surface area contributed by atoms with Crippen LogP contribution in [0.1, 0.15) is 34.4 Å².